The first-order chi connectivity index (χ1) is 13.9. The highest BCUT2D eigenvalue weighted by Gasteiger charge is 2.23. The van der Waals surface area contributed by atoms with Crippen LogP contribution in [-0.2, 0) is 0 Å². The monoisotopic (exact) mass is 383 g/mol. The van der Waals surface area contributed by atoms with E-state index in [1.807, 2.05) is 6.07 Å². The van der Waals surface area contributed by atoms with E-state index in [2.05, 4.69) is 71.6 Å². The fourth-order valence-corrected chi connectivity index (χ4v) is 4.81. The molecule has 28 heavy (non-hydrogen) atoms. The molecule has 1 saturated heterocycles. The van der Waals surface area contributed by atoms with E-state index < -0.39 is 0 Å². The highest BCUT2D eigenvalue weighted by atomic mass is 32.2. The lowest BCUT2D eigenvalue weighted by Gasteiger charge is -2.22. The van der Waals surface area contributed by atoms with Crippen LogP contribution in [0.3, 0.4) is 0 Å². The molecule has 1 aliphatic rings. The molecule has 0 atom stereocenters. The number of benzene rings is 3. The van der Waals surface area contributed by atoms with Crippen LogP contribution in [0.4, 0.5) is 5.82 Å². The van der Waals surface area contributed by atoms with E-state index in [4.69, 9.17) is 9.97 Å². The molecule has 0 spiro atoms. The second kappa shape index (κ2) is 7.64. The van der Waals surface area contributed by atoms with Crippen LogP contribution in [0.25, 0.3) is 21.9 Å². The summed E-state index contributed by atoms with van der Waals surface area (Å²) >= 11 is 1.71. The lowest BCUT2D eigenvalue weighted by Crippen LogP contribution is -2.20. The van der Waals surface area contributed by atoms with Crippen LogP contribution in [0.2, 0.25) is 0 Å². The molecule has 0 radical (unpaired) electrons. The number of fused-ring (bicyclic) bond motifs is 1. The van der Waals surface area contributed by atoms with E-state index in [1.54, 1.807) is 18.1 Å². The normalized spacial score (nSPS) is 13.9. The van der Waals surface area contributed by atoms with Crippen molar-refractivity contribution in [2.45, 2.75) is 22.8 Å². The number of anilines is 1. The van der Waals surface area contributed by atoms with Gasteiger partial charge in [-0.1, -0.05) is 72.4 Å². The maximum atomic E-state index is 4.75. The molecule has 0 N–H and O–H groups in total. The first kappa shape index (κ1) is 17.3. The van der Waals surface area contributed by atoms with Crippen molar-refractivity contribution in [3.8, 4) is 11.1 Å². The Morgan fingerprint density at radius 3 is 2.36 bits per heavy atom. The van der Waals surface area contributed by atoms with Gasteiger partial charge in [0.1, 0.15) is 17.2 Å². The Hall–Kier alpha value is -2.85. The molecule has 0 amide bonds. The molecule has 4 heteroatoms. The summed E-state index contributed by atoms with van der Waals surface area (Å²) in [4.78, 5) is 13.1. The molecular formula is C24H21N3S. The third-order valence-electron chi connectivity index (χ3n) is 5.21. The Labute approximate surface area is 169 Å². The van der Waals surface area contributed by atoms with Crippen LogP contribution in [0, 0.1) is 0 Å². The lowest BCUT2D eigenvalue weighted by molar-refractivity contribution is 0.912. The third-order valence-corrected chi connectivity index (χ3v) is 6.23. The van der Waals surface area contributed by atoms with Gasteiger partial charge in [0.15, 0.2) is 0 Å². The topological polar surface area (TPSA) is 29.0 Å². The van der Waals surface area contributed by atoms with Crippen molar-refractivity contribution in [3.05, 3.63) is 79.1 Å². The van der Waals surface area contributed by atoms with Crippen molar-refractivity contribution in [2.24, 2.45) is 0 Å². The van der Waals surface area contributed by atoms with Gasteiger partial charge in [-0.05, 0) is 41.3 Å². The zero-order valence-electron chi connectivity index (χ0n) is 15.6. The first-order valence-electron chi connectivity index (χ1n) is 9.71. The minimum Gasteiger partial charge on any atom is -0.356 e. The molecule has 1 aromatic heterocycles. The van der Waals surface area contributed by atoms with Gasteiger partial charge < -0.3 is 4.90 Å². The van der Waals surface area contributed by atoms with E-state index in [0.717, 1.165) is 29.5 Å². The minimum absolute atomic E-state index is 1.01. The number of nitrogens with zero attached hydrogens (tertiary/aromatic N) is 3. The van der Waals surface area contributed by atoms with Gasteiger partial charge in [0.05, 0.1) is 5.56 Å². The smallest absolute Gasteiger partial charge is 0.141 e. The Bertz CT molecular complexity index is 1100. The molecule has 0 aliphatic carbocycles. The van der Waals surface area contributed by atoms with Crippen LogP contribution in [0.15, 0.2) is 89.0 Å². The van der Waals surface area contributed by atoms with Crippen molar-refractivity contribution < 1.29 is 0 Å². The van der Waals surface area contributed by atoms with Gasteiger partial charge in [-0.2, -0.15) is 0 Å². The van der Waals surface area contributed by atoms with Crippen molar-refractivity contribution in [1.29, 1.82) is 0 Å². The molecule has 138 valence electrons. The van der Waals surface area contributed by atoms with E-state index in [1.165, 1.54) is 34.1 Å². The highest BCUT2D eigenvalue weighted by molar-refractivity contribution is 7.99. The maximum absolute atomic E-state index is 4.75. The van der Waals surface area contributed by atoms with Gasteiger partial charge in [0, 0.05) is 18.0 Å². The summed E-state index contributed by atoms with van der Waals surface area (Å²) in [6, 6.07) is 25.5. The third kappa shape index (κ3) is 3.25. The van der Waals surface area contributed by atoms with Gasteiger partial charge in [0.25, 0.3) is 0 Å². The fraction of sp³-hybridized carbons (Fsp3) is 0.167. The standard InChI is InChI=1S/C24H21N3S/c1-2-11-19(12-3-1)28-24-22(23(25-17-26-24)27-15-6-7-16-27)21-14-8-10-18-9-4-5-13-20(18)21/h1-5,8-14,17H,6-7,15-16H2. The van der Waals surface area contributed by atoms with E-state index >= 15 is 0 Å². The Morgan fingerprint density at radius 1 is 0.750 bits per heavy atom. The summed E-state index contributed by atoms with van der Waals surface area (Å²) in [5, 5.41) is 3.50. The van der Waals surface area contributed by atoms with Crippen LogP contribution < -0.4 is 4.90 Å². The van der Waals surface area contributed by atoms with Gasteiger partial charge in [-0.25, -0.2) is 9.97 Å². The summed E-state index contributed by atoms with van der Waals surface area (Å²) in [5.74, 6) is 1.06. The average Bonchev–Trinajstić information content (AvgIpc) is 3.29. The van der Waals surface area contributed by atoms with Crippen molar-refractivity contribution in [2.75, 3.05) is 18.0 Å². The zero-order valence-corrected chi connectivity index (χ0v) is 16.4. The van der Waals surface area contributed by atoms with Crippen LogP contribution >= 0.6 is 11.8 Å². The van der Waals surface area contributed by atoms with E-state index in [0.29, 0.717) is 0 Å². The van der Waals surface area contributed by atoms with Gasteiger partial charge in [-0.3, -0.25) is 0 Å². The van der Waals surface area contributed by atoms with E-state index in [-0.39, 0.29) is 0 Å². The zero-order chi connectivity index (χ0) is 18.8. The summed E-state index contributed by atoms with van der Waals surface area (Å²) in [6.45, 7) is 2.12. The van der Waals surface area contributed by atoms with Crippen molar-refractivity contribution in [1.82, 2.24) is 9.97 Å². The van der Waals surface area contributed by atoms with Crippen LogP contribution in [0.1, 0.15) is 12.8 Å². The number of hydrogen-bond donors (Lipinski definition) is 0. The van der Waals surface area contributed by atoms with Crippen molar-refractivity contribution >= 4 is 28.4 Å². The van der Waals surface area contributed by atoms with Gasteiger partial charge in [0.2, 0.25) is 0 Å². The summed E-state index contributed by atoms with van der Waals surface area (Å²) in [6.07, 6.45) is 4.16. The molecule has 0 saturated carbocycles. The van der Waals surface area contributed by atoms with Gasteiger partial charge >= 0.3 is 0 Å². The van der Waals surface area contributed by atoms with Crippen molar-refractivity contribution in [3.63, 3.8) is 0 Å². The quantitative estimate of drug-likeness (QED) is 0.401. The summed E-state index contributed by atoms with van der Waals surface area (Å²) in [5.41, 5.74) is 2.36. The second-order valence-corrected chi connectivity index (χ2v) is 8.08. The molecular weight excluding hydrogens is 362 g/mol. The minimum atomic E-state index is 1.01. The average molecular weight is 384 g/mol. The van der Waals surface area contributed by atoms with Gasteiger partial charge in [-0.15, -0.1) is 0 Å². The Morgan fingerprint density at radius 2 is 1.50 bits per heavy atom. The van der Waals surface area contributed by atoms with Crippen LogP contribution in [0.5, 0.6) is 0 Å². The highest BCUT2D eigenvalue weighted by Crippen LogP contribution is 2.42. The second-order valence-electron chi connectivity index (χ2n) is 7.01. The summed E-state index contributed by atoms with van der Waals surface area (Å²) in [7, 11) is 0. The fourth-order valence-electron chi connectivity index (χ4n) is 3.89. The number of hydrogen-bond acceptors (Lipinski definition) is 4. The number of rotatable bonds is 4. The molecule has 0 unspecified atom stereocenters. The molecule has 2 heterocycles. The Balaban J connectivity index is 1.73. The SMILES string of the molecule is c1ccc(Sc2ncnc(N3CCCC3)c2-c2cccc3ccccc23)cc1. The lowest BCUT2D eigenvalue weighted by atomic mass is 9.99. The molecule has 0 bridgehead atoms. The van der Waals surface area contributed by atoms with E-state index in [9.17, 15) is 0 Å². The molecule has 3 aromatic carbocycles. The molecule has 1 aliphatic heterocycles. The summed E-state index contributed by atoms with van der Waals surface area (Å²) < 4.78 is 0. The predicted octanol–water partition coefficient (Wildman–Crippen LogP) is 6.05. The molecule has 1 fully saturated rings. The maximum Gasteiger partial charge on any atom is 0.141 e. The van der Waals surface area contributed by atoms with Crippen LogP contribution in [-0.4, -0.2) is 23.1 Å². The largest absolute Gasteiger partial charge is 0.356 e. The molecule has 5 rings (SSSR count). The molecule has 4 aromatic rings. The molecule has 3 nitrogen and oxygen atoms in total. The first-order valence-corrected chi connectivity index (χ1v) is 10.5. The predicted molar refractivity (Wildman–Crippen MR) is 117 cm³/mol. The Kier molecular flexibility index (Phi) is 4.71. The number of aromatic nitrogens is 2.